The van der Waals surface area contributed by atoms with Crippen molar-refractivity contribution in [1.82, 2.24) is 4.90 Å². The number of carboxylic acid groups (broad SMARTS) is 1. The minimum Gasteiger partial charge on any atom is -0.496 e. The molecule has 0 unspecified atom stereocenters. The van der Waals surface area contributed by atoms with Gasteiger partial charge in [-0.15, -0.1) is 0 Å². The zero-order chi connectivity index (χ0) is 26.2. The number of ether oxygens (including phenoxy) is 4. The fraction of sp³-hybridized carbons (Fsp3) is 0.517. The molecule has 5 atom stereocenters. The molecule has 1 N–H and O–H groups in total. The first-order chi connectivity index (χ1) is 17.8. The Morgan fingerprint density at radius 3 is 2.70 bits per heavy atom. The smallest absolute Gasteiger partial charge is 0.303 e. The SMILES string of the molecule is CCOc1cccc2c1O[C@@](C)(CCC(=O)O)[C@@H]1C[C@@H]3CN(C(=O)c4ccccc4OC)CC[C@H]3O[C@@H]21. The molecule has 0 aliphatic carbocycles. The lowest BCUT2D eigenvalue weighted by Crippen LogP contribution is -2.57. The molecule has 3 heterocycles. The Bertz CT molecular complexity index is 1170. The van der Waals surface area contributed by atoms with Gasteiger partial charge in [0.2, 0.25) is 0 Å². The fourth-order valence-electron chi connectivity index (χ4n) is 6.22. The van der Waals surface area contributed by atoms with Gasteiger partial charge in [0.1, 0.15) is 11.4 Å². The maximum Gasteiger partial charge on any atom is 0.303 e. The highest BCUT2D eigenvalue weighted by Crippen LogP contribution is 2.56. The van der Waals surface area contributed by atoms with Gasteiger partial charge in [-0.25, -0.2) is 0 Å². The van der Waals surface area contributed by atoms with Crippen molar-refractivity contribution in [2.75, 3.05) is 26.8 Å². The molecule has 8 nitrogen and oxygen atoms in total. The van der Waals surface area contributed by atoms with Gasteiger partial charge >= 0.3 is 5.97 Å². The van der Waals surface area contributed by atoms with E-state index in [9.17, 15) is 14.7 Å². The average Bonchev–Trinajstić information content (AvgIpc) is 2.91. The number of carbonyl (C=O) groups is 2. The number of piperidine rings is 1. The van der Waals surface area contributed by atoms with Gasteiger partial charge in [0.05, 0.1) is 31.5 Å². The second-order valence-corrected chi connectivity index (χ2v) is 10.4. The van der Waals surface area contributed by atoms with Crippen LogP contribution in [0.3, 0.4) is 0 Å². The fourth-order valence-corrected chi connectivity index (χ4v) is 6.22. The zero-order valence-corrected chi connectivity index (χ0v) is 21.6. The third-order valence-electron chi connectivity index (χ3n) is 8.10. The Morgan fingerprint density at radius 2 is 1.95 bits per heavy atom. The van der Waals surface area contributed by atoms with Crippen LogP contribution in [0.2, 0.25) is 0 Å². The highest BCUT2D eigenvalue weighted by molar-refractivity contribution is 5.97. The van der Waals surface area contributed by atoms with E-state index in [1.54, 1.807) is 19.2 Å². The maximum absolute atomic E-state index is 13.4. The van der Waals surface area contributed by atoms with E-state index in [2.05, 4.69) is 0 Å². The van der Waals surface area contributed by atoms with Crippen molar-refractivity contribution in [2.24, 2.45) is 11.8 Å². The standard InChI is InChI=1S/C29H35NO7/c1-4-35-24-11-7-9-20-26-21(29(2,37-27(20)24)14-12-25(31)32)16-18-17-30(15-13-22(18)36-26)28(33)19-8-5-6-10-23(19)34-3/h5-11,18,21-22,26H,4,12-17H2,1-3H3,(H,31,32)/t18-,21-,22-,26+,29+/m1/s1. The van der Waals surface area contributed by atoms with Gasteiger partial charge < -0.3 is 29.0 Å². The molecule has 0 radical (unpaired) electrons. The van der Waals surface area contributed by atoms with Gasteiger partial charge in [-0.2, -0.15) is 0 Å². The largest absolute Gasteiger partial charge is 0.496 e. The first-order valence-corrected chi connectivity index (χ1v) is 13.1. The molecule has 5 rings (SSSR count). The number of para-hydroxylation sites is 2. The minimum absolute atomic E-state index is 0.00162. The molecular formula is C29H35NO7. The summed E-state index contributed by atoms with van der Waals surface area (Å²) in [5.74, 6) is 1.04. The van der Waals surface area contributed by atoms with E-state index < -0.39 is 11.6 Å². The predicted octanol–water partition coefficient (Wildman–Crippen LogP) is 4.72. The van der Waals surface area contributed by atoms with E-state index in [-0.39, 0.29) is 36.4 Å². The second kappa shape index (κ2) is 10.2. The Kier molecular flexibility index (Phi) is 7.03. The minimum atomic E-state index is -0.855. The summed E-state index contributed by atoms with van der Waals surface area (Å²) in [6.07, 6.45) is 1.66. The third-order valence-corrected chi connectivity index (χ3v) is 8.10. The van der Waals surface area contributed by atoms with Crippen molar-refractivity contribution in [3.63, 3.8) is 0 Å². The molecule has 1 amide bonds. The highest BCUT2D eigenvalue weighted by Gasteiger charge is 2.54. The van der Waals surface area contributed by atoms with Crippen molar-refractivity contribution in [1.29, 1.82) is 0 Å². The monoisotopic (exact) mass is 509 g/mol. The van der Waals surface area contributed by atoms with E-state index in [1.165, 1.54) is 0 Å². The highest BCUT2D eigenvalue weighted by atomic mass is 16.5. The van der Waals surface area contributed by atoms with Gasteiger partial charge in [0.15, 0.2) is 11.5 Å². The number of carboxylic acids is 1. The quantitative estimate of drug-likeness (QED) is 0.577. The summed E-state index contributed by atoms with van der Waals surface area (Å²) in [6.45, 7) is 5.60. The van der Waals surface area contributed by atoms with E-state index >= 15 is 0 Å². The molecule has 0 saturated carbocycles. The van der Waals surface area contributed by atoms with Crippen LogP contribution in [-0.2, 0) is 9.53 Å². The normalized spacial score (nSPS) is 28.2. The molecule has 2 aromatic rings. The lowest BCUT2D eigenvalue weighted by atomic mass is 9.68. The molecule has 8 heteroatoms. The summed E-state index contributed by atoms with van der Waals surface area (Å²) < 4.78 is 24.7. The number of nitrogens with zero attached hydrogens (tertiary/aromatic N) is 1. The molecule has 37 heavy (non-hydrogen) atoms. The summed E-state index contributed by atoms with van der Waals surface area (Å²) in [4.78, 5) is 26.8. The van der Waals surface area contributed by atoms with E-state index in [0.29, 0.717) is 48.9 Å². The van der Waals surface area contributed by atoms with Crippen LogP contribution in [0.4, 0.5) is 0 Å². The number of hydrogen-bond donors (Lipinski definition) is 1. The van der Waals surface area contributed by atoms with E-state index in [4.69, 9.17) is 18.9 Å². The lowest BCUT2D eigenvalue weighted by molar-refractivity contribution is -0.191. The molecule has 0 spiro atoms. The lowest BCUT2D eigenvalue weighted by Gasteiger charge is -2.54. The summed E-state index contributed by atoms with van der Waals surface area (Å²) in [7, 11) is 1.57. The Hall–Kier alpha value is -3.26. The van der Waals surface area contributed by atoms with Crippen molar-refractivity contribution < 1.29 is 33.6 Å². The van der Waals surface area contributed by atoms with Crippen molar-refractivity contribution in [2.45, 2.75) is 57.3 Å². The van der Waals surface area contributed by atoms with E-state index in [0.717, 1.165) is 18.4 Å². The molecule has 2 fully saturated rings. The predicted molar refractivity (Wildman–Crippen MR) is 136 cm³/mol. The van der Waals surface area contributed by atoms with Crippen LogP contribution >= 0.6 is 0 Å². The molecule has 0 bridgehead atoms. The van der Waals surface area contributed by atoms with Crippen LogP contribution in [0.15, 0.2) is 42.5 Å². The molecule has 3 aliphatic heterocycles. The van der Waals surface area contributed by atoms with E-state index in [1.807, 2.05) is 49.1 Å². The Labute approximate surface area is 217 Å². The molecular weight excluding hydrogens is 474 g/mol. The summed E-state index contributed by atoms with van der Waals surface area (Å²) in [5, 5.41) is 9.46. The summed E-state index contributed by atoms with van der Waals surface area (Å²) >= 11 is 0. The van der Waals surface area contributed by atoms with Gasteiger partial charge in [-0.1, -0.05) is 24.3 Å². The van der Waals surface area contributed by atoms with Crippen LogP contribution in [0.1, 0.15) is 61.6 Å². The van der Waals surface area contributed by atoms with Crippen LogP contribution in [0, 0.1) is 11.8 Å². The number of aliphatic carboxylic acids is 1. The number of rotatable bonds is 7. The number of benzene rings is 2. The second-order valence-electron chi connectivity index (χ2n) is 10.4. The number of carbonyl (C=O) groups excluding carboxylic acids is 1. The number of methoxy groups -OCH3 is 1. The molecule has 0 aromatic heterocycles. The summed E-state index contributed by atoms with van der Waals surface area (Å²) in [6, 6.07) is 13.2. The van der Waals surface area contributed by atoms with Crippen LogP contribution < -0.4 is 14.2 Å². The van der Waals surface area contributed by atoms with Crippen LogP contribution in [0.5, 0.6) is 17.2 Å². The number of amides is 1. The Balaban J connectivity index is 1.43. The maximum atomic E-state index is 13.4. The Morgan fingerprint density at radius 1 is 1.16 bits per heavy atom. The third kappa shape index (κ3) is 4.75. The van der Waals surface area contributed by atoms with Gasteiger partial charge in [0, 0.05) is 36.9 Å². The molecule has 3 aliphatic rings. The zero-order valence-electron chi connectivity index (χ0n) is 21.6. The van der Waals surface area contributed by atoms with Crippen LogP contribution in [-0.4, -0.2) is 60.4 Å². The van der Waals surface area contributed by atoms with Gasteiger partial charge in [-0.3, -0.25) is 9.59 Å². The molecule has 2 saturated heterocycles. The number of fused-ring (bicyclic) bond motifs is 4. The number of likely N-dealkylation sites (tertiary alicyclic amines) is 1. The number of hydrogen-bond acceptors (Lipinski definition) is 6. The molecule has 2 aromatic carbocycles. The van der Waals surface area contributed by atoms with Gasteiger partial charge in [-0.05, 0) is 51.3 Å². The van der Waals surface area contributed by atoms with Gasteiger partial charge in [0.25, 0.3) is 5.91 Å². The first kappa shape index (κ1) is 25.4. The van der Waals surface area contributed by atoms with Crippen molar-refractivity contribution in [3.05, 3.63) is 53.6 Å². The first-order valence-electron chi connectivity index (χ1n) is 13.1. The molecule has 198 valence electrons. The topological polar surface area (TPSA) is 94.5 Å². The summed E-state index contributed by atoms with van der Waals surface area (Å²) in [5.41, 5.74) is 0.765. The van der Waals surface area contributed by atoms with Crippen LogP contribution in [0.25, 0.3) is 0 Å². The average molecular weight is 510 g/mol. The van der Waals surface area contributed by atoms with Crippen molar-refractivity contribution >= 4 is 11.9 Å². The van der Waals surface area contributed by atoms with Crippen molar-refractivity contribution in [3.8, 4) is 17.2 Å².